The van der Waals surface area contributed by atoms with E-state index in [0.29, 0.717) is 22.6 Å². The van der Waals surface area contributed by atoms with E-state index in [2.05, 4.69) is 0 Å². The molecule has 1 aromatic carbocycles. The van der Waals surface area contributed by atoms with Crippen LogP contribution in [-0.2, 0) is 16.6 Å². The van der Waals surface area contributed by atoms with Crippen molar-refractivity contribution in [1.82, 2.24) is 4.31 Å². The number of rotatable bonds is 4. The summed E-state index contributed by atoms with van der Waals surface area (Å²) in [6, 6.07) is 6.91. The lowest BCUT2D eigenvalue weighted by Crippen LogP contribution is -2.27. The van der Waals surface area contributed by atoms with Gasteiger partial charge < -0.3 is 10.2 Å². The van der Waals surface area contributed by atoms with Gasteiger partial charge in [0, 0.05) is 12.7 Å². The van der Waals surface area contributed by atoms with Crippen molar-refractivity contribution in [3.63, 3.8) is 0 Å². The molecule has 2 rings (SSSR count). The van der Waals surface area contributed by atoms with Gasteiger partial charge in [-0.3, -0.25) is 0 Å². The van der Waals surface area contributed by atoms with Gasteiger partial charge in [-0.05, 0) is 43.2 Å². The Balaban J connectivity index is 2.42. The van der Waals surface area contributed by atoms with Crippen LogP contribution in [0, 0.1) is 13.8 Å². The fourth-order valence-electron chi connectivity index (χ4n) is 2.10. The Hall–Kier alpha value is -1.79. The SMILES string of the molecule is Cc1ccc(N)c(C)c1S(=O)(=O)N(C)Cc1ccco1. The van der Waals surface area contributed by atoms with Crippen molar-refractivity contribution in [3.05, 3.63) is 47.4 Å². The van der Waals surface area contributed by atoms with Gasteiger partial charge in [0.25, 0.3) is 0 Å². The summed E-state index contributed by atoms with van der Waals surface area (Å²) in [6.45, 7) is 3.67. The number of hydrogen-bond donors (Lipinski definition) is 1. The van der Waals surface area contributed by atoms with Gasteiger partial charge in [-0.2, -0.15) is 4.31 Å². The first-order valence-electron chi connectivity index (χ1n) is 6.18. The van der Waals surface area contributed by atoms with Gasteiger partial charge in [-0.25, -0.2) is 8.42 Å². The molecule has 20 heavy (non-hydrogen) atoms. The van der Waals surface area contributed by atoms with Crippen LogP contribution in [0.25, 0.3) is 0 Å². The molecule has 0 aliphatic carbocycles. The third-order valence-electron chi connectivity index (χ3n) is 3.27. The highest BCUT2D eigenvalue weighted by Gasteiger charge is 2.26. The fraction of sp³-hybridized carbons (Fsp3) is 0.286. The van der Waals surface area contributed by atoms with E-state index >= 15 is 0 Å². The van der Waals surface area contributed by atoms with Crippen LogP contribution in [0.15, 0.2) is 39.8 Å². The van der Waals surface area contributed by atoms with Crippen LogP contribution in [0.5, 0.6) is 0 Å². The van der Waals surface area contributed by atoms with E-state index in [4.69, 9.17) is 10.2 Å². The molecular weight excluding hydrogens is 276 g/mol. The Kier molecular flexibility index (Phi) is 3.87. The van der Waals surface area contributed by atoms with Crippen molar-refractivity contribution >= 4 is 15.7 Å². The molecule has 0 saturated heterocycles. The monoisotopic (exact) mass is 294 g/mol. The Morgan fingerprint density at radius 3 is 2.55 bits per heavy atom. The molecule has 0 spiro atoms. The predicted molar refractivity (Wildman–Crippen MR) is 77.7 cm³/mol. The Morgan fingerprint density at radius 1 is 1.25 bits per heavy atom. The summed E-state index contributed by atoms with van der Waals surface area (Å²) in [5.41, 5.74) is 7.56. The third-order valence-corrected chi connectivity index (χ3v) is 5.37. The first-order chi connectivity index (χ1) is 9.34. The van der Waals surface area contributed by atoms with E-state index in [0.717, 1.165) is 0 Å². The summed E-state index contributed by atoms with van der Waals surface area (Å²) in [4.78, 5) is 0.270. The van der Waals surface area contributed by atoms with Gasteiger partial charge in [0.05, 0.1) is 17.7 Å². The van der Waals surface area contributed by atoms with Crippen LogP contribution in [0.3, 0.4) is 0 Å². The van der Waals surface area contributed by atoms with E-state index in [1.807, 2.05) is 0 Å². The minimum absolute atomic E-state index is 0.184. The van der Waals surface area contributed by atoms with Crippen LogP contribution in [0.2, 0.25) is 0 Å². The lowest BCUT2D eigenvalue weighted by atomic mass is 10.1. The van der Waals surface area contributed by atoms with E-state index < -0.39 is 10.0 Å². The molecule has 1 heterocycles. The molecule has 0 fully saturated rings. The number of hydrogen-bond acceptors (Lipinski definition) is 4. The number of furan rings is 1. The second-order valence-corrected chi connectivity index (χ2v) is 6.75. The molecule has 2 aromatic rings. The van der Waals surface area contributed by atoms with Crippen molar-refractivity contribution in [3.8, 4) is 0 Å². The standard InChI is InChI=1S/C14H18N2O3S/c1-10-6-7-13(15)11(2)14(10)20(17,18)16(3)9-12-5-4-8-19-12/h4-8H,9,15H2,1-3H3. The summed E-state index contributed by atoms with van der Waals surface area (Å²) in [5, 5.41) is 0. The Labute approximate surface area is 119 Å². The first-order valence-corrected chi connectivity index (χ1v) is 7.62. The molecule has 1 aromatic heterocycles. The highest BCUT2D eigenvalue weighted by atomic mass is 32.2. The number of aryl methyl sites for hydroxylation is 1. The fourth-order valence-corrected chi connectivity index (χ4v) is 3.69. The third kappa shape index (κ3) is 2.57. The Bertz CT molecular complexity index is 706. The summed E-state index contributed by atoms with van der Waals surface area (Å²) < 4.78 is 31.8. The molecule has 0 unspecified atom stereocenters. The predicted octanol–water partition coefficient (Wildman–Crippen LogP) is 2.30. The van der Waals surface area contributed by atoms with Crippen LogP contribution in [0.4, 0.5) is 5.69 Å². The van der Waals surface area contributed by atoms with E-state index in [1.54, 1.807) is 38.1 Å². The number of sulfonamides is 1. The molecule has 2 N–H and O–H groups in total. The van der Waals surface area contributed by atoms with Gasteiger partial charge in [0.15, 0.2) is 0 Å². The Morgan fingerprint density at radius 2 is 1.95 bits per heavy atom. The van der Waals surface area contributed by atoms with Crippen LogP contribution < -0.4 is 5.73 Å². The van der Waals surface area contributed by atoms with Crippen molar-refractivity contribution < 1.29 is 12.8 Å². The first kappa shape index (κ1) is 14.6. The quantitative estimate of drug-likeness (QED) is 0.878. The molecule has 6 heteroatoms. The number of nitrogens with two attached hydrogens (primary N) is 1. The molecule has 108 valence electrons. The van der Waals surface area contributed by atoms with E-state index in [9.17, 15) is 8.42 Å². The van der Waals surface area contributed by atoms with Crippen LogP contribution >= 0.6 is 0 Å². The number of anilines is 1. The minimum atomic E-state index is -3.61. The zero-order valence-electron chi connectivity index (χ0n) is 11.8. The van der Waals surface area contributed by atoms with Gasteiger partial charge in [-0.15, -0.1) is 0 Å². The maximum absolute atomic E-state index is 12.7. The van der Waals surface area contributed by atoms with Gasteiger partial charge >= 0.3 is 0 Å². The second kappa shape index (κ2) is 5.30. The normalized spacial score (nSPS) is 12.0. The maximum Gasteiger partial charge on any atom is 0.243 e. The zero-order chi connectivity index (χ0) is 14.9. The van der Waals surface area contributed by atoms with Gasteiger partial charge in [-0.1, -0.05) is 6.07 Å². The molecule has 0 aliphatic heterocycles. The number of nitrogens with zero attached hydrogens (tertiary/aromatic N) is 1. The summed E-state index contributed by atoms with van der Waals surface area (Å²) in [5.74, 6) is 0.593. The molecule has 0 bridgehead atoms. The largest absolute Gasteiger partial charge is 0.468 e. The summed E-state index contributed by atoms with van der Waals surface area (Å²) >= 11 is 0. The molecule has 0 amide bonds. The molecular formula is C14H18N2O3S. The topological polar surface area (TPSA) is 76.5 Å². The van der Waals surface area contributed by atoms with Crippen molar-refractivity contribution in [2.24, 2.45) is 0 Å². The van der Waals surface area contributed by atoms with Gasteiger partial charge in [0.2, 0.25) is 10.0 Å². The molecule has 0 aliphatic rings. The highest BCUT2D eigenvalue weighted by molar-refractivity contribution is 7.89. The molecule has 0 atom stereocenters. The highest BCUT2D eigenvalue weighted by Crippen LogP contribution is 2.27. The van der Waals surface area contributed by atoms with Crippen LogP contribution in [-0.4, -0.2) is 19.8 Å². The van der Waals surface area contributed by atoms with Crippen LogP contribution in [0.1, 0.15) is 16.9 Å². The summed E-state index contributed by atoms with van der Waals surface area (Å²) in [6.07, 6.45) is 1.52. The average molecular weight is 294 g/mol. The number of benzene rings is 1. The molecule has 5 nitrogen and oxygen atoms in total. The summed E-state index contributed by atoms with van der Waals surface area (Å²) in [7, 11) is -2.08. The number of nitrogen functional groups attached to an aromatic ring is 1. The average Bonchev–Trinajstić information content (AvgIpc) is 2.87. The van der Waals surface area contributed by atoms with Crippen molar-refractivity contribution in [2.75, 3.05) is 12.8 Å². The lowest BCUT2D eigenvalue weighted by Gasteiger charge is -2.20. The maximum atomic E-state index is 12.7. The minimum Gasteiger partial charge on any atom is -0.468 e. The van der Waals surface area contributed by atoms with Crippen molar-refractivity contribution in [2.45, 2.75) is 25.3 Å². The lowest BCUT2D eigenvalue weighted by molar-refractivity contribution is 0.406. The van der Waals surface area contributed by atoms with E-state index in [1.165, 1.54) is 17.6 Å². The van der Waals surface area contributed by atoms with Gasteiger partial charge in [0.1, 0.15) is 5.76 Å². The molecule has 0 saturated carbocycles. The van der Waals surface area contributed by atoms with E-state index in [-0.39, 0.29) is 11.4 Å². The van der Waals surface area contributed by atoms with Crippen molar-refractivity contribution in [1.29, 1.82) is 0 Å². The smallest absolute Gasteiger partial charge is 0.243 e. The zero-order valence-corrected chi connectivity index (χ0v) is 12.6. The second-order valence-electron chi connectivity index (χ2n) is 4.77. The molecule has 0 radical (unpaired) electrons.